The maximum absolute atomic E-state index is 12.8. The molecule has 0 aliphatic carbocycles. The molecule has 1 N–H and O–H groups in total. The van der Waals surface area contributed by atoms with Crippen molar-refractivity contribution in [1.82, 2.24) is 4.98 Å². The molecule has 0 saturated heterocycles. The van der Waals surface area contributed by atoms with Crippen LogP contribution in [0.3, 0.4) is 0 Å². The Kier molecular flexibility index (Phi) is 5.32. The van der Waals surface area contributed by atoms with Crippen molar-refractivity contribution in [3.8, 4) is 0 Å². The zero-order chi connectivity index (χ0) is 18.5. The number of aromatic nitrogens is 1. The standard InChI is InChI=1S/C22H23N3O/c1-16(2)19-11-7-8-12-20(19)24-17-13-14-23-21(15-17)22(26)25(3)18-9-5-4-6-10-18/h4-16H,1-3H3,(H,23,24). The van der Waals surface area contributed by atoms with Gasteiger partial charge in [-0.05, 0) is 41.8 Å². The summed E-state index contributed by atoms with van der Waals surface area (Å²) in [4.78, 5) is 18.6. The second-order valence-electron chi connectivity index (χ2n) is 6.50. The van der Waals surface area contributed by atoms with Gasteiger partial charge in [-0.1, -0.05) is 50.2 Å². The molecular weight excluding hydrogens is 322 g/mol. The molecule has 3 aromatic rings. The third kappa shape index (κ3) is 3.91. The van der Waals surface area contributed by atoms with E-state index in [2.05, 4.69) is 30.2 Å². The maximum atomic E-state index is 12.8. The lowest BCUT2D eigenvalue weighted by Crippen LogP contribution is -2.27. The Balaban J connectivity index is 1.84. The molecule has 0 aliphatic rings. The molecule has 0 spiro atoms. The van der Waals surface area contributed by atoms with Gasteiger partial charge in [0, 0.05) is 30.3 Å². The lowest BCUT2D eigenvalue weighted by molar-refractivity contribution is 0.0988. The van der Waals surface area contributed by atoms with Gasteiger partial charge in [0.25, 0.3) is 5.91 Å². The van der Waals surface area contributed by atoms with E-state index >= 15 is 0 Å². The van der Waals surface area contributed by atoms with Crippen LogP contribution in [0.1, 0.15) is 35.8 Å². The number of amides is 1. The number of rotatable bonds is 5. The van der Waals surface area contributed by atoms with Gasteiger partial charge in [-0.3, -0.25) is 9.78 Å². The van der Waals surface area contributed by atoms with Gasteiger partial charge in [0.15, 0.2) is 0 Å². The van der Waals surface area contributed by atoms with Crippen LogP contribution >= 0.6 is 0 Å². The molecule has 0 bridgehead atoms. The Labute approximate surface area is 154 Å². The molecular formula is C22H23N3O. The number of carbonyl (C=O) groups excluding carboxylic acids is 1. The molecule has 0 saturated carbocycles. The van der Waals surface area contributed by atoms with Gasteiger partial charge in [0.05, 0.1) is 0 Å². The van der Waals surface area contributed by atoms with Crippen LogP contribution in [0, 0.1) is 0 Å². The summed E-state index contributed by atoms with van der Waals surface area (Å²) in [6, 6.07) is 21.4. The molecule has 4 nitrogen and oxygen atoms in total. The van der Waals surface area contributed by atoms with Crippen molar-refractivity contribution in [2.75, 3.05) is 17.3 Å². The summed E-state index contributed by atoms with van der Waals surface area (Å²) >= 11 is 0. The van der Waals surface area contributed by atoms with Gasteiger partial charge >= 0.3 is 0 Å². The number of para-hydroxylation sites is 2. The number of benzene rings is 2. The summed E-state index contributed by atoms with van der Waals surface area (Å²) in [6.07, 6.45) is 1.66. The molecule has 26 heavy (non-hydrogen) atoms. The summed E-state index contributed by atoms with van der Waals surface area (Å²) in [5, 5.41) is 3.42. The molecule has 3 rings (SSSR count). The molecule has 0 atom stereocenters. The average molecular weight is 345 g/mol. The van der Waals surface area contributed by atoms with E-state index in [9.17, 15) is 4.79 Å². The number of anilines is 3. The largest absolute Gasteiger partial charge is 0.355 e. The quantitative estimate of drug-likeness (QED) is 0.689. The molecule has 0 fully saturated rings. The van der Waals surface area contributed by atoms with Crippen LogP contribution in [0.15, 0.2) is 72.9 Å². The average Bonchev–Trinajstić information content (AvgIpc) is 2.68. The first-order chi connectivity index (χ1) is 12.6. The highest BCUT2D eigenvalue weighted by Crippen LogP contribution is 2.27. The Morgan fingerprint density at radius 1 is 1.00 bits per heavy atom. The monoisotopic (exact) mass is 345 g/mol. The van der Waals surface area contributed by atoms with E-state index in [0.717, 1.165) is 17.1 Å². The molecule has 0 aliphatic heterocycles. The van der Waals surface area contributed by atoms with E-state index in [1.165, 1.54) is 5.56 Å². The van der Waals surface area contributed by atoms with Crippen LogP contribution in [0.25, 0.3) is 0 Å². The minimum Gasteiger partial charge on any atom is -0.355 e. The highest BCUT2D eigenvalue weighted by atomic mass is 16.2. The van der Waals surface area contributed by atoms with E-state index in [1.807, 2.05) is 54.6 Å². The SMILES string of the molecule is CC(C)c1ccccc1Nc1ccnc(C(=O)N(C)c2ccccc2)c1. The van der Waals surface area contributed by atoms with Gasteiger partial charge in [0.1, 0.15) is 5.69 Å². The van der Waals surface area contributed by atoms with E-state index in [4.69, 9.17) is 0 Å². The zero-order valence-electron chi connectivity index (χ0n) is 15.3. The van der Waals surface area contributed by atoms with Crippen LogP contribution in [0.4, 0.5) is 17.1 Å². The number of hydrogen-bond donors (Lipinski definition) is 1. The second kappa shape index (κ2) is 7.83. The Bertz CT molecular complexity index is 891. The van der Waals surface area contributed by atoms with Gasteiger partial charge < -0.3 is 10.2 Å². The third-order valence-corrected chi connectivity index (χ3v) is 4.29. The van der Waals surface area contributed by atoms with E-state index in [-0.39, 0.29) is 5.91 Å². The summed E-state index contributed by atoms with van der Waals surface area (Å²) in [6.45, 7) is 4.33. The van der Waals surface area contributed by atoms with Crippen molar-refractivity contribution in [1.29, 1.82) is 0 Å². The van der Waals surface area contributed by atoms with E-state index in [0.29, 0.717) is 11.6 Å². The highest BCUT2D eigenvalue weighted by molar-refractivity contribution is 6.04. The maximum Gasteiger partial charge on any atom is 0.276 e. The summed E-state index contributed by atoms with van der Waals surface area (Å²) in [7, 11) is 1.76. The van der Waals surface area contributed by atoms with Crippen LogP contribution in [-0.4, -0.2) is 17.9 Å². The van der Waals surface area contributed by atoms with E-state index < -0.39 is 0 Å². The zero-order valence-corrected chi connectivity index (χ0v) is 15.3. The Hall–Kier alpha value is -3.14. The number of nitrogens with zero attached hydrogens (tertiary/aromatic N) is 2. The first kappa shape index (κ1) is 17.7. The number of nitrogens with one attached hydrogen (secondary N) is 1. The molecule has 0 radical (unpaired) electrons. The van der Waals surface area contributed by atoms with E-state index in [1.54, 1.807) is 24.2 Å². The van der Waals surface area contributed by atoms with Crippen molar-refractivity contribution >= 4 is 23.0 Å². The van der Waals surface area contributed by atoms with Crippen molar-refractivity contribution in [2.24, 2.45) is 0 Å². The fourth-order valence-electron chi connectivity index (χ4n) is 2.84. The van der Waals surface area contributed by atoms with Crippen molar-refractivity contribution in [3.63, 3.8) is 0 Å². The normalized spacial score (nSPS) is 10.6. The van der Waals surface area contributed by atoms with Gasteiger partial charge in [-0.25, -0.2) is 0 Å². The molecule has 2 aromatic carbocycles. The van der Waals surface area contributed by atoms with Gasteiger partial charge in [-0.15, -0.1) is 0 Å². The predicted octanol–water partition coefficient (Wildman–Crippen LogP) is 5.23. The molecule has 132 valence electrons. The number of carbonyl (C=O) groups is 1. The summed E-state index contributed by atoms with van der Waals surface area (Å²) < 4.78 is 0. The molecule has 1 amide bonds. The third-order valence-electron chi connectivity index (χ3n) is 4.29. The Morgan fingerprint density at radius 2 is 1.69 bits per heavy atom. The second-order valence-corrected chi connectivity index (χ2v) is 6.50. The van der Waals surface area contributed by atoms with Crippen LogP contribution in [0.5, 0.6) is 0 Å². The number of hydrogen-bond acceptors (Lipinski definition) is 3. The van der Waals surface area contributed by atoms with Crippen molar-refractivity contribution in [2.45, 2.75) is 19.8 Å². The minimum absolute atomic E-state index is 0.142. The predicted molar refractivity (Wildman–Crippen MR) is 107 cm³/mol. The number of pyridine rings is 1. The van der Waals surface area contributed by atoms with Crippen LogP contribution in [0.2, 0.25) is 0 Å². The van der Waals surface area contributed by atoms with Gasteiger partial charge in [0.2, 0.25) is 0 Å². The highest BCUT2D eigenvalue weighted by Gasteiger charge is 2.15. The smallest absolute Gasteiger partial charge is 0.276 e. The molecule has 1 heterocycles. The summed E-state index contributed by atoms with van der Waals surface area (Å²) in [5.74, 6) is 0.267. The minimum atomic E-state index is -0.142. The molecule has 4 heteroatoms. The Morgan fingerprint density at radius 3 is 2.42 bits per heavy atom. The fraction of sp³-hybridized carbons (Fsp3) is 0.182. The van der Waals surface area contributed by atoms with Crippen molar-refractivity contribution < 1.29 is 4.79 Å². The fourth-order valence-corrected chi connectivity index (χ4v) is 2.84. The van der Waals surface area contributed by atoms with Crippen LogP contribution in [-0.2, 0) is 0 Å². The first-order valence-electron chi connectivity index (χ1n) is 8.71. The van der Waals surface area contributed by atoms with Crippen LogP contribution < -0.4 is 10.2 Å². The topological polar surface area (TPSA) is 45.2 Å². The lowest BCUT2D eigenvalue weighted by atomic mass is 10.0. The summed E-state index contributed by atoms with van der Waals surface area (Å²) in [5.41, 5.74) is 4.37. The first-order valence-corrected chi connectivity index (χ1v) is 8.71. The van der Waals surface area contributed by atoms with Crippen molar-refractivity contribution in [3.05, 3.63) is 84.2 Å². The van der Waals surface area contributed by atoms with Gasteiger partial charge in [-0.2, -0.15) is 0 Å². The molecule has 0 unspecified atom stereocenters. The lowest BCUT2D eigenvalue weighted by Gasteiger charge is -2.18. The molecule has 1 aromatic heterocycles.